The van der Waals surface area contributed by atoms with Crippen LogP contribution >= 0.6 is 12.4 Å². The summed E-state index contributed by atoms with van der Waals surface area (Å²) in [5.74, 6) is -0.449. The first kappa shape index (κ1) is 69.7. The monoisotopic (exact) mass is 1470 g/mol. The number of hydrogen-bond acceptors (Lipinski definition) is 15. The standard InChI is InChI=1S/C31H26N2O3.C30H24N2O3.C20H19NO4.C10H8O2.ClH/c1-35-31(34)21-10-3-2-9-20(21)27-22-14-13-18-7-4-12-25(32)26(18)30(22)36-29-23-11-6-16-33-15-5-8-19(28(23)33)17-24(27)29;31-24-11-3-6-17-12-13-22-28(25(17)24)34-27-20-9-5-15-32-14-4-7-18(26(20)32)16-23(27)30(22)21-10-2-1-8-19(21)29(33)35-30;22-18(13-6-1-2-7-14(13)20(24)25)16-11-12-5-3-9-21-10-4-8-15(17(12)21)19(16)23;11-8-5-1-3-7-4-2-6-9(12)10(7)8;/h2-4,7,9-10,12-14,17,32H,5-6,8,11,15-16H2,1H3;1-3,6,8,10-13,16H,4-5,7,9,14-15,31H2;1-2,6-7,11,23H,3-5,8-10H2,(H,24,25);1-6,11-12H;1H/p+1. The number of nitrogens with two attached hydrogens (primary N) is 2. The third-order valence-corrected chi connectivity index (χ3v) is 23.1. The summed E-state index contributed by atoms with van der Waals surface area (Å²) in [6.07, 6.45) is 12.1. The molecule has 0 aliphatic carbocycles. The highest BCUT2D eigenvalue weighted by Gasteiger charge is 2.55. The summed E-state index contributed by atoms with van der Waals surface area (Å²) >= 11 is 0. The van der Waals surface area contributed by atoms with Gasteiger partial charge in [-0.3, -0.25) is 10.2 Å². The number of fused-ring (bicyclic) bond motifs is 15. The van der Waals surface area contributed by atoms with E-state index in [9.17, 15) is 39.6 Å². The second-order valence-electron chi connectivity index (χ2n) is 29.2. The zero-order valence-electron chi connectivity index (χ0n) is 60.1. The van der Waals surface area contributed by atoms with Crippen molar-refractivity contribution in [3.05, 3.63) is 271 Å². The van der Waals surface area contributed by atoms with E-state index in [-0.39, 0.29) is 58.3 Å². The van der Waals surface area contributed by atoms with E-state index in [0.29, 0.717) is 33.3 Å². The maximum absolute atomic E-state index is 13.3. The number of carbonyl (C=O) groups is 4. The third kappa shape index (κ3) is 11.4. The quantitative estimate of drug-likeness (QED) is 0.0308. The maximum atomic E-state index is 13.3. The second-order valence-corrected chi connectivity index (χ2v) is 29.2. The molecule has 1 atom stereocenters. The minimum atomic E-state index is -1.14. The number of ketones is 1. The molecule has 109 heavy (non-hydrogen) atoms. The molecular formula is C91H79ClN5O12+. The third-order valence-electron chi connectivity index (χ3n) is 23.1. The number of hydrogen-bond donors (Lipinski definition) is 6. The van der Waals surface area contributed by atoms with Crippen LogP contribution in [0.3, 0.4) is 0 Å². The van der Waals surface area contributed by atoms with Gasteiger partial charge in [-0.15, -0.1) is 12.4 Å². The number of anilines is 4. The van der Waals surface area contributed by atoms with Crippen molar-refractivity contribution in [1.82, 2.24) is 0 Å². The second kappa shape index (κ2) is 27.8. The van der Waals surface area contributed by atoms with E-state index in [1.54, 1.807) is 42.5 Å². The van der Waals surface area contributed by atoms with Crippen molar-refractivity contribution >= 4 is 113 Å². The summed E-state index contributed by atoms with van der Waals surface area (Å²) in [7, 11) is 1.43. The molecule has 9 heterocycles. The molecule has 13 aromatic rings. The predicted molar refractivity (Wildman–Crippen MR) is 426 cm³/mol. The first-order valence-corrected chi connectivity index (χ1v) is 37.3. The molecule has 1 spiro atoms. The highest BCUT2D eigenvalue weighted by molar-refractivity contribution is 6.19. The number of rotatable bonds is 5. The maximum Gasteiger partial charge on any atom is 0.340 e. The van der Waals surface area contributed by atoms with E-state index >= 15 is 0 Å². The van der Waals surface area contributed by atoms with Crippen LogP contribution in [0.1, 0.15) is 136 Å². The van der Waals surface area contributed by atoms with Crippen molar-refractivity contribution in [3.8, 4) is 39.9 Å². The topological polar surface area (TPSA) is 251 Å². The molecule has 0 amide bonds. The van der Waals surface area contributed by atoms with Gasteiger partial charge in [-0.2, -0.15) is 0 Å². The Morgan fingerprint density at radius 2 is 1.02 bits per heavy atom. The van der Waals surface area contributed by atoms with Crippen LogP contribution in [0.15, 0.2) is 192 Å². The molecule has 12 aromatic carbocycles. The molecule has 18 heteroatoms. The Labute approximate surface area is 633 Å². The van der Waals surface area contributed by atoms with E-state index in [1.807, 2.05) is 97.1 Å². The van der Waals surface area contributed by atoms with Gasteiger partial charge in [-0.1, -0.05) is 115 Å². The number of ether oxygens (including phenoxy) is 3. The first-order chi connectivity index (χ1) is 52.7. The van der Waals surface area contributed by atoms with Gasteiger partial charge in [0.05, 0.1) is 40.1 Å². The number of aromatic carboxylic acids is 1. The Bertz CT molecular complexity index is 6050. The Hall–Kier alpha value is -12.3. The number of esters is 2. The number of nitrogen functional groups attached to an aromatic ring is 1. The number of benzene rings is 12. The number of aryl methyl sites for hydroxylation is 4. The SMILES string of the molecule is COC(=O)c1ccccc1-c1c2cc3c4c(c2oc2c1ccc1cccc(=[NH2+])c12)CCCN4CCC3.Cl.Nc1cccc2ccc3c(c12)Oc1c(cc2c4c1CCCN4CCC2)C31OC(=O)c2ccccc21.O=C(O)c1ccccc1C(=O)c1cc2c3c(c1O)CCCN3CCC2.Oc1cccc2cccc(O)c12. The van der Waals surface area contributed by atoms with Crippen LogP contribution in [-0.4, -0.2) is 90.5 Å². The van der Waals surface area contributed by atoms with E-state index in [1.165, 1.54) is 52.9 Å². The first-order valence-electron chi connectivity index (χ1n) is 37.3. The van der Waals surface area contributed by atoms with Gasteiger partial charge in [0.2, 0.25) is 5.36 Å². The van der Waals surface area contributed by atoms with Crippen molar-refractivity contribution in [2.75, 3.05) is 66.8 Å². The lowest BCUT2D eigenvalue weighted by atomic mass is 9.74. The van der Waals surface area contributed by atoms with Crippen LogP contribution in [0.5, 0.6) is 28.7 Å². The molecule has 0 radical (unpaired) electrons. The number of carbonyl (C=O) groups excluding carboxylic acids is 3. The van der Waals surface area contributed by atoms with Crippen LogP contribution in [0.2, 0.25) is 0 Å². The van der Waals surface area contributed by atoms with Crippen LogP contribution < -0.4 is 35.9 Å². The number of nitrogens with zero attached hydrogens (tertiary/aromatic N) is 3. The van der Waals surface area contributed by atoms with Gasteiger partial charge in [0.25, 0.3) is 0 Å². The highest BCUT2D eigenvalue weighted by atomic mass is 35.5. The Kier molecular flexibility index (Phi) is 17.8. The number of carboxylic acids is 1. The Balaban J connectivity index is 0.000000112. The summed E-state index contributed by atoms with van der Waals surface area (Å²) < 4.78 is 25.4. The van der Waals surface area contributed by atoms with Gasteiger partial charge >= 0.3 is 17.9 Å². The van der Waals surface area contributed by atoms with E-state index in [0.717, 1.165) is 216 Å². The molecule has 8 N–H and O–H groups in total. The van der Waals surface area contributed by atoms with Crippen LogP contribution in [-0.2, 0) is 53.6 Å². The molecular weight excluding hydrogens is 1390 g/mol. The number of phenolic OH excluding ortho intramolecular Hbond substituents is 3. The largest absolute Gasteiger partial charge is 0.507 e. The summed E-state index contributed by atoms with van der Waals surface area (Å²) in [6.45, 7) is 6.30. The van der Waals surface area contributed by atoms with Gasteiger partial charge < -0.3 is 59.5 Å². The summed E-state index contributed by atoms with van der Waals surface area (Å²) in [6, 6.07) is 58.4. The fourth-order valence-electron chi connectivity index (χ4n) is 18.5. The summed E-state index contributed by atoms with van der Waals surface area (Å²) in [5, 5.41) is 53.3. The lowest BCUT2D eigenvalue weighted by molar-refractivity contribution is -0.170. The molecule has 546 valence electrons. The summed E-state index contributed by atoms with van der Waals surface area (Å²) in [5.41, 5.74) is 24.6. The number of halogens is 1. The summed E-state index contributed by atoms with van der Waals surface area (Å²) in [4.78, 5) is 57.9. The van der Waals surface area contributed by atoms with E-state index in [4.69, 9.17) is 29.8 Å². The zero-order valence-corrected chi connectivity index (χ0v) is 60.9. The van der Waals surface area contributed by atoms with Crippen molar-refractivity contribution in [3.63, 3.8) is 0 Å². The number of carboxylic acid groups (broad SMARTS) is 1. The van der Waals surface area contributed by atoms with Crippen molar-refractivity contribution in [2.45, 2.75) is 82.7 Å². The normalized spacial score (nSPS) is 16.4. The van der Waals surface area contributed by atoms with Gasteiger partial charge in [0, 0.05) is 129 Å². The zero-order chi connectivity index (χ0) is 73.8. The smallest absolute Gasteiger partial charge is 0.340 e. The number of phenols is 3. The van der Waals surface area contributed by atoms with Crippen LogP contribution in [0, 0.1) is 0 Å². The Morgan fingerprint density at radius 3 is 1.68 bits per heavy atom. The highest BCUT2D eigenvalue weighted by Crippen LogP contribution is 2.61. The molecule has 0 saturated carbocycles. The van der Waals surface area contributed by atoms with Gasteiger partial charge in [-0.05, 0) is 182 Å². The van der Waals surface area contributed by atoms with Crippen molar-refractivity contribution < 1.29 is 63.6 Å². The van der Waals surface area contributed by atoms with Crippen molar-refractivity contribution in [2.24, 2.45) is 0 Å². The minimum Gasteiger partial charge on any atom is -0.507 e. The minimum absolute atomic E-state index is 0. The molecule has 21 rings (SSSR count). The fourth-order valence-corrected chi connectivity index (χ4v) is 18.5. The average Bonchev–Trinajstić information content (AvgIpc) is 1.64. The molecule has 0 fully saturated rings. The van der Waals surface area contributed by atoms with Crippen molar-refractivity contribution in [1.29, 1.82) is 0 Å². The molecule has 17 nitrogen and oxygen atoms in total. The van der Waals surface area contributed by atoms with Gasteiger partial charge in [0.15, 0.2) is 11.4 Å². The fraction of sp³-hybridized carbons (Fsp3) is 0.220. The molecule has 0 saturated heterocycles. The number of aromatic hydroxyl groups is 3. The molecule has 1 aromatic heterocycles. The lowest BCUT2D eigenvalue weighted by Crippen LogP contribution is -2.44. The van der Waals surface area contributed by atoms with Gasteiger partial charge in [-0.25, -0.2) is 14.4 Å². The molecule has 0 bridgehead atoms. The molecule has 8 aliphatic rings. The van der Waals surface area contributed by atoms with E-state index < -0.39 is 17.4 Å². The van der Waals surface area contributed by atoms with Gasteiger partial charge in [0.1, 0.15) is 39.9 Å². The number of methoxy groups -OCH3 is 1. The molecule has 1 unspecified atom stereocenters. The average molecular weight is 1470 g/mol. The van der Waals surface area contributed by atoms with Crippen LogP contribution in [0.4, 0.5) is 22.7 Å². The Morgan fingerprint density at radius 1 is 0.486 bits per heavy atom. The van der Waals surface area contributed by atoms with E-state index in [2.05, 4.69) is 51.1 Å². The molecule has 8 aliphatic heterocycles. The van der Waals surface area contributed by atoms with Crippen LogP contribution in [0.25, 0.3) is 65.4 Å². The predicted octanol–water partition coefficient (Wildman–Crippen LogP) is 15.9. The lowest BCUT2D eigenvalue weighted by Gasteiger charge is -2.43.